The van der Waals surface area contributed by atoms with Crippen molar-refractivity contribution in [2.75, 3.05) is 5.32 Å². The number of halogens is 2. The molecule has 2 aromatic rings. The van der Waals surface area contributed by atoms with E-state index in [0.29, 0.717) is 5.02 Å². The predicted octanol–water partition coefficient (Wildman–Crippen LogP) is 4.45. The van der Waals surface area contributed by atoms with E-state index in [2.05, 4.69) is 26.6 Å². The molecule has 1 aliphatic heterocycles. The van der Waals surface area contributed by atoms with Gasteiger partial charge in [-0.25, -0.2) is 0 Å². The van der Waals surface area contributed by atoms with Crippen LogP contribution in [-0.4, -0.2) is 5.91 Å². The van der Waals surface area contributed by atoms with Crippen molar-refractivity contribution in [1.29, 1.82) is 0 Å². The highest BCUT2D eigenvalue weighted by Crippen LogP contribution is 2.34. The lowest BCUT2D eigenvalue weighted by molar-refractivity contribution is -0.117. The molecular weight excluding hydrogens is 352 g/mol. The Morgan fingerprint density at radius 2 is 2.10 bits per heavy atom. The Hall–Kier alpha value is -1.36. The fraction of sp³-hybridized carbons (Fsp3) is 0.188. The van der Waals surface area contributed by atoms with E-state index < -0.39 is 0 Å². The van der Waals surface area contributed by atoms with Crippen molar-refractivity contribution >= 4 is 39.1 Å². The van der Waals surface area contributed by atoms with Crippen molar-refractivity contribution in [2.24, 2.45) is 0 Å². The van der Waals surface area contributed by atoms with Crippen molar-refractivity contribution in [2.45, 2.75) is 19.0 Å². The van der Waals surface area contributed by atoms with Gasteiger partial charge in [0.25, 0.3) is 0 Å². The lowest BCUT2D eigenvalue weighted by atomic mass is 10.0. The smallest absolute Gasteiger partial charge is 0.246 e. The first-order valence-electron chi connectivity index (χ1n) is 6.66. The number of hydrogen-bond donors (Lipinski definition) is 2. The van der Waals surface area contributed by atoms with Gasteiger partial charge in [0.15, 0.2) is 0 Å². The Morgan fingerprint density at radius 1 is 1.29 bits per heavy atom. The SMILES string of the molecule is CC(NC1C(=O)Nc2ccc(Br)cc21)c1cccc(Cl)c1. The number of hydrogen-bond acceptors (Lipinski definition) is 2. The molecule has 0 aliphatic carbocycles. The summed E-state index contributed by atoms with van der Waals surface area (Å²) >= 11 is 9.47. The second-order valence-corrected chi connectivity index (χ2v) is 6.45. The number of nitrogens with one attached hydrogen (secondary N) is 2. The average molecular weight is 366 g/mol. The molecule has 1 amide bonds. The van der Waals surface area contributed by atoms with E-state index in [-0.39, 0.29) is 18.0 Å². The van der Waals surface area contributed by atoms with Crippen LogP contribution in [0.4, 0.5) is 5.69 Å². The van der Waals surface area contributed by atoms with E-state index in [1.54, 1.807) is 0 Å². The van der Waals surface area contributed by atoms with Crippen LogP contribution in [0.3, 0.4) is 0 Å². The second kappa shape index (κ2) is 5.79. The zero-order valence-electron chi connectivity index (χ0n) is 11.4. The van der Waals surface area contributed by atoms with Gasteiger partial charge in [-0.3, -0.25) is 10.1 Å². The van der Waals surface area contributed by atoms with Gasteiger partial charge in [0, 0.05) is 26.8 Å². The van der Waals surface area contributed by atoms with Gasteiger partial charge in [-0.15, -0.1) is 0 Å². The van der Waals surface area contributed by atoms with E-state index in [9.17, 15) is 4.79 Å². The first kappa shape index (κ1) is 14.6. The van der Waals surface area contributed by atoms with Gasteiger partial charge in [0.05, 0.1) is 0 Å². The monoisotopic (exact) mass is 364 g/mol. The molecule has 1 heterocycles. The van der Waals surface area contributed by atoms with Crippen LogP contribution in [0, 0.1) is 0 Å². The van der Waals surface area contributed by atoms with Crippen LogP contribution in [0.15, 0.2) is 46.9 Å². The van der Waals surface area contributed by atoms with E-state index >= 15 is 0 Å². The van der Waals surface area contributed by atoms with Gasteiger partial charge in [0.2, 0.25) is 5.91 Å². The highest BCUT2D eigenvalue weighted by molar-refractivity contribution is 9.10. The van der Waals surface area contributed by atoms with Crippen molar-refractivity contribution in [3.63, 3.8) is 0 Å². The van der Waals surface area contributed by atoms with Crippen LogP contribution in [0.1, 0.15) is 30.1 Å². The first-order chi connectivity index (χ1) is 10.0. The minimum atomic E-state index is -0.355. The Labute approximate surface area is 136 Å². The van der Waals surface area contributed by atoms with Crippen LogP contribution in [0.5, 0.6) is 0 Å². The van der Waals surface area contributed by atoms with Gasteiger partial charge in [-0.2, -0.15) is 0 Å². The minimum Gasteiger partial charge on any atom is -0.324 e. The van der Waals surface area contributed by atoms with Crippen molar-refractivity contribution in [3.8, 4) is 0 Å². The van der Waals surface area contributed by atoms with Gasteiger partial charge in [-0.1, -0.05) is 39.7 Å². The van der Waals surface area contributed by atoms with Crippen molar-refractivity contribution in [3.05, 3.63) is 63.1 Å². The zero-order chi connectivity index (χ0) is 15.0. The maximum absolute atomic E-state index is 12.2. The van der Waals surface area contributed by atoms with Gasteiger partial charge in [-0.05, 0) is 42.8 Å². The number of fused-ring (bicyclic) bond motifs is 1. The maximum atomic E-state index is 12.2. The first-order valence-corrected chi connectivity index (χ1v) is 7.83. The van der Waals surface area contributed by atoms with E-state index in [1.165, 1.54) is 0 Å². The third-order valence-corrected chi connectivity index (χ3v) is 4.34. The fourth-order valence-corrected chi connectivity index (χ4v) is 3.10. The van der Waals surface area contributed by atoms with E-state index in [1.807, 2.05) is 49.4 Å². The molecule has 0 bridgehead atoms. The van der Waals surface area contributed by atoms with Crippen LogP contribution >= 0.6 is 27.5 Å². The molecule has 108 valence electrons. The Bertz CT molecular complexity index is 704. The molecule has 5 heteroatoms. The summed E-state index contributed by atoms with van der Waals surface area (Å²) in [7, 11) is 0. The summed E-state index contributed by atoms with van der Waals surface area (Å²) in [6.45, 7) is 2.02. The molecule has 0 fully saturated rings. The molecule has 3 rings (SSSR count). The summed E-state index contributed by atoms with van der Waals surface area (Å²) in [5.41, 5.74) is 2.88. The summed E-state index contributed by atoms with van der Waals surface area (Å²) in [5, 5.41) is 6.95. The van der Waals surface area contributed by atoms with Gasteiger partial charge < -0.3 is 5.32 Å². The molecule has 0 saturated heterocycles. The van der Waals surface area contributed by atoms with Crippen LogP contribution in [0.2, 0.25) is 5.02 Å². The highest BCUT2D eigenvalue weighted by atomic mass is 79.9. The maximum Gasteiger partial charge on any atom is 0.246 e. The average Bonchev–Trinajstić information content (AvgIpc) is 2.75. The number of amides is 1. The largest absolute Gasteiger partial charge is 0.324 e. The summed E-state index contributed by atoms with van der Waals surface area (Å²) in [4.78, 5) is 12.2. The molecule has 3 nitrogen and oxygen atoms in total. The summed E-state index contributed by atoms with van der Waals surface area (Å²) in [6.07, 6.45) is 0. The van der Waals surface area contributed by atoms with Crippen LogP contribution < -0.4 is 10.6 Å². The zero-order valence-corrected chi connectivity index (χ0v) is 13.7. The molecule has 2 aromatic carbocycles. The molecule has 2 unspecified atom stereocenters. The lowest BCUT2D eigenvalue weighted by Gasteiger charge is -2.19. The molecule has 21 heavy (non-hydrogen) atoms. The molecule has 0 saturated carbocycles. The molecular formula is C16H14BrClN2O. The number of carbonyl (C=O) groups is 1. The number of anilines is 1. The number of rotatable bonds is 3. The van der Waals surface area contributed by atoms with E-state index in [0.717, 1.165) is 21.3 Å². The molecule has 0 aromatic heterocycles. The van der Waals surface area contributed by atoms with Crippen LogP contribution in [0.25, 0.3) is 0 Å². The van der Waals surface area contributed by atoms with E-state index in [4.69, 9.17) is 11.6 Å². The molecule has 2 N–H and O–H groups in total. The number of benzene rings is 2. The van der Waals surface area contributed by atoms with Crippen LogP contribution in [-0.2, 0) is 4.79 Å². The summed E-state index contributed by atoms with van der Waals surface area (Å²) < 4.78 is 0.958. The third-order valence-electron chi connectivity index (χ3n) is 3.61. The quantitative estimate of drug-likeness (QED) is 0.844. The standard InChI is InChI=1S/C16H14BrClN2O/c1-9(10-3-2-4-12(18)7-10)19-15-13-8-11(17)5-6-14(13)20-16(15)21/h2-9,15,19H,1H3,(H,20,21). The fourth-order valence-electron chi connectivity index (χ4n) is 2.52. The van der Waals surface area contributed by atoms with Gasteiger partial charge >= 0.3 is 0 Å². The highest BCUT2D eigenvalue weighted by Gasteiger charge is 2.31. The second-order valence-electron chi connectivity index (χ2n) is 5.10. The Kier molecular flexibility index (Phi) is 4.02. The molecule has 0 radical (unpaired) electrons. The van der Waals surface area contributed by atoms with Crippen molar-refractivity contribution in [1.82, 2.24) is 5.32 Å². The third kappa shape index (κ3) is 2.98. The predicted molar refractivity (Wildman–Crippen MR) is 88.5 cm³/mol. The number of carbonyl (C=O) groups excluding carboxylic acids is 1. The molecule has 1 aliphatic rings. The molecule has 2 atom stereocenters. The Morgan fingerprint density at radius 3 is 2.86 bits per heavy atom. The topological polar surface area (TPSA) is 41.1 Å². The van der Waals surface area contributed by atoms with Crippen molar-refractivity contribution < 1.29 is 4.79 Å². The lowest BCUT2D eigenvalue weighted by Crippen LogP contribution is -2.29. The minimum absolute atomic E-state index is 0.0179. The molecule has 0 spiro atoms. The Balaban J connectivity index is 1.85. The normalized spacial score (nSPS) is 18.2. The summed E-state index contributed by atoms with van der Waals surface area (Å²) in [6, 6.07) is 13.1. The summed E-state index contributed by atoms with van der Waals surface area (Å²) in [5.74, 6) is -0.0306. The van der Waals surface area contributed by atoms with Gasteiger partial charge in [0.1, 0.15) is 6.04 Å².